The molecule has 0 aliphatic rings. The highest BCUT2D eigenvalue weighted by Gasteiger charge is 2.12. The summed E-state index contributed by atoms with van der Waals surface area (Å²) in [6, 6.07) is 3.61. The van der Waals surface area contributed by atoms with Crippen molar-refractivity contribution in [3.8, 4) is 5.69 Å². The third kappa shape index (κ3) is 5.41. The van der Waals surface area contributed by atoms with E-state index in [-0.39, 0.29) is 17.2 Å². The first-order chi connectivity index (χ1) is 10.8. The molecule has 7 heteroatoms. The summed E-state index contributed by atoms with van der Waals surface area (Å²) in [5.41, 5.74) is 1.16. The fourth-order valence-corrected chi connectivity index (χ4v) is 1.91. The van der Waals surface area contributed by atoms with Gasteiger partial charge in [0.25, 0.3) is 0 Å². The van der Waals surface area contributed by atoms with Crippen molar-refractivity contribution in [1.29, 1.82) is 0 Å². The van der Waals surface area contributed by atoms with E-state index in [0.717, 1.165) is 5.69 Å². The van der Waals surface area contributed by atoms with Gasteiger partial charge in [-0.1, -0.05) is 44.5 Å². The van der Waals surface area contributed by atoms with Crippen LogP contribution in [0, 0.1) is 5.41 Å². The van der Waals surface area contributed by atoms with Crippen LogP contribution in [0.2, 0.25) is 5.15 Å². The number of nitrogens with one attached hydrogen (secondary N) is 1. The Hall–Kier alpha value is -2.34. The molecule has 0 saturated heterocycles. The van der Waals surface area contributed by atoms with Crippen LogP contribution in [-0.2, 0) is 4.74 Å². The molecular weight excluding hydrogens is 316 g/mol. The maximum absolute atomic E-state index is 11.8. The number of allylic oxidation sites excluding steroid dienone is 1. The molecule has 0 aliphatic heterocycles. The van der Waals surface area contributed by atoms with E-state index < -0.39 is 6.09 Å². The summed E-state index contributed by atoms with van der Waals surface area (Å²) in [4.78, 5) is 15.8. The summed E-state index contributed by atoms with van der Waals surface area (Å²) < 4.78 is 6.60. The molecule has 0 saturated carbocycles. The molecule has 2 rings (SSSR count). The number of hydrogen-bond donors (Lipinski definition) is 1. The van der Waals surface area contributed by atoms with E-state index in [0.29, 0.717) is 5.69 Å². The van der Waals surface area contributed by atoms with Gasteiger partial charge in [-0.05, 0) is 17.5 Å². The van der Waals surface area contributed by atoms with Crippen LogP contribution < -0.4 is 5.32 Å². The van der Waals surface area contributed by atoms with Gasteiger partial charge in [-0.3, -0.25) is 10.3 Å². The molecule has 0 aliphatic carbocycles. The van der Waals surface area contributed by atoms with E-state index in [2.05, 4.69) is 36.2 Å². The van der Waals surface area contributed by atoms with Gasteiger partial charge in [0.1, 0.15) is 12.3 Å². The van der Waals surface area contributed by atoms with Crippen LogP contribution in [-0.4, -0.2) is 27.5 Å². The number of nitrogens with zero attached hydrogens (tertiary/aromatic N) is 3. The summed E-state index contributed by atoms with van der Waals surface area (Å²) >= 11 is 6.02. The SMILES string of the molecule is CC(C)(C)C=CCOC(=O)Nc1cn(-c2cccnc2)nc1Cl. The summed E-state index contributed by atoms with van der Waals surface area (Å²) in [6.45, 7) is 6.39. The van der Waals surface area contributed by atoms with Gasteiger partial charge >= 0.3 is 6.09 Å². The molecule has 23 heavy (non-hydrogen) atoms. The molecule has 0 fully saturated rings. The minimum atomic E-state index is -0.587. The number of pyridine rings is 1. The van der Waals surface area contributed by atoms with Crippen molar-refractivity contribution < 1.29 is 9.53 Å². The second-order valence-electron chi connectivity index (χ2n) is 5.98. The summed E-state index contributed by atoms with van der Waals surface area (Å²) in [7, 11) is 0. The number of anilines is 1. The lowest BCUT2D eigenvalue weighted by Gasteiger charge is -2.11. The summed E-state index contributed by atoms with van der Waals surface area (Å²) in [6.07, 6.45) is 8.11. The molecule has 6 nitrogen and oxygen atoms in total. The molecular formula is C16H19ClN4O2. The Labute approximate surface area is 140 Å². The van der Waals surface area contributed by atoms with Crippen molar-refractivity contribution in [1.82, 2.24) is 14.8 Å². The molecule has 0 radical (unpaired) electrons. The minimum absolute atomic E-state index is 0.0496. The first kappa shape index (κ1) is 17.0. The quantitative estimate of drug-likeness (QED) is 0.856. The van der Waals surface area contributed by atoms with E-state index in [1.165, 1.54) is 4.68 Å². The predicted molar refractivity (Wildman–Crippen MR) is 89.9 cm³/mol. The number of ether oxygens (including phenoxy) is 1. The van der Waals surface area contributed by atoms with Crippen LogP contribution in [0.1, 0.15) is 20.8 Å². The van der Waals surface area contributed by atoms with Crippen LogP contribution in [0.15, 0.2) is 42.9 Å². The Kier molecular flexibility index (Phi) is 5.39. The maximum Gasteiger partial charge on any atom is 0.412 e. The Bertz CT molecular complexity index is 690. The molecule has 1 N–H and O–H groups in total. The number of halogens is 1. The number of rotatable bonds is 4. The molecule has 122 valence electrons. The number of carbonyl (C=O) groups is 1. The standard InChI is InChI=1S/C16H19ClN4O2/c1-16(2,3)7-5-9-23-15(22)19-13-11-21(20-14(13)17)12-6-4-8-18-10-12/h4-8,10-11H,9H2,1-3H3,(H,19,22). The lowest BCUT2D eigenvalue weighted by atomic mass is 9.96. The van der Waals surface area contributed by atoms with E-state index >= 15 is 0 Å². The molecule has 0 spiro atoms. The maximum atomic E-state index is 11.8. The summed E-state index contributed by atoms with van der Waals surface area (Å²) in [5, 5.41) is 6.86. The Morgan fingerprint density at radius 2 is 2.26 bits per heavy atom. The third-order valence-electron chi connectivity index (χ3n) is 2.74. The Morgan fingerprint density at radius 1 is 1.48 bits per heavy atom. The molecule has 0 bridgehead atoms. The minimum Gasteiger partial charge on any atom is -0.445 e. The third-order valence-corrected chi connectivity index (χ3v) is 3.02. The molecule has 1 amide bonds. The largest absolute Gasteiger partial charge is 0.445 e. The second kappa shape index (κ2) is 7.28. The highest BCUT2D eigenvalue weighted by Crippen LogP contribution is 2.21. The predicted octanol–water partition coefficient (Wildman–Crippen LogP) is 4.07. The van der Waals surface area contributed by atoms with Crippen LogP contribution >= 0.6 is 11.6 Å². The van der Waals surface area contributed by atoms with Crippen molar-refractivity contribution in [2.75, 3.05) is 11.9 Å². The van der Waals surface area contributed by atoms with Crippen molar-refractivity contribution in [3.05, 3.63) is 48.0 Å². The molecule has 2 aromatic rings. The van der Waals surface area contributed by atoms with Crippen LogP contribution in [0.4, 0.5) is 10.5 Å². The second-order valence-corrected chi connectivity index (χ2v) is 6.34. The normalized spacial score (nSPS) is 11.7. The fraction of sp³-hybridized carbons (Fsp3) is 0.312. The van der Waals surface area contributed by atoms with E-state index in [1.807, 2.05) is 12.1 Å². The number of carbonyl (C=O) groups excluding carboxylic acids is 1. The van der Waals surface area contributed by atoms with E-state index in [1.54, 1.807) is 30.7 Å². The highest BCUT2D eigenvalue weighted by atomic mass is 35.5. The van der Waals surface area contributed by atoms with Crippen molar-refractivity contribution in [3.63, 3.8) is 0 Å². The smallest absolute Gasteiger partial charge is 0.412 e. The van der Waals surface area contributed by atoms with Crippen molar-refractivity contribution in [2.45, 2.75) is 20.8 Å². The van der Waals surface area contributed by atoms with Gasteiger partial charge < -0.3 is 4.74 Å². The number of aromatic nitrogens is 3. The number of amides is 1. The molecule has 0 unspecified atom stereocenters. The molecule has 0 aromatic carbocycles. The van der Waals surface area contributed by atoms with Gasteiger partial charge in [0, 0.05) is 6.20 Å². The van der Waals surface area contributed by atoms with E-state index in [9.17, 15) is 4.79 Å². The Balaban J connectivity index is 1.94. The molecule has 2 heterocycles. The highest BCUT2D eigenvalue weighted by molar-refractivity contribution is 6.32. The van der Waals surface area contributed by atoms with E-state index in [4.69, 9.17) is 16.3 Å². The van der Waals surface area contributed by atoms with Gasteiger partial charge in [0.05, 0.1) is 18.1 Å². The van der Waals surface area contributed by atoms with Crippen molar-refractivity contribution in [2.24, 2.45) is 5.41 Å². The van der Waals surface area contributed by atoms with Gasteiger partial charge in [-0.15, -0.1) is 0 Å². The van der Waals surface area contributed by atoms with Gasteiger partial charge in [0.2, 0.25) is 0 Å². The zero-order chi connectivity index (χ0) is 16.9. The van der Waals surface area contributed by atoms with Gasteiger partial charge in [-0.2, -0.15) is 5.10 Å². The number of hydrogen-bond acceptors (Lipinski definition) is 4. The van der Waals surface area contributed by atoms with Crippen LogP contribution in [0.25, 0.3) is 5.69 Å². The lowest BCUT2D eigenvalue weighted by Crippen LogP contribution is -2.13. The average Bonchev–Trinajstić information content (AvgIpc) is 2.85. The van der Waals surface area contributed by atoms with Crippen molar-refractivity contribution >= 4 is 23.4 Å². The average molecular weight is 335 g/mol. The first-order valence-corrected chi connectivity index (χ1v) is 7.50. The Morgan fingerprint density at radius 3 is 2.91 bits per heavy atom. The van der Waals surface area contributed by atoms with Crippen LogP contribution in [0.3, 0.4) is 0 Å². The molecule has 2 aromatic heterocycles. The topological polar surface area (TPSA) is 69.0 Å². The lowest BCUT2D eigenvalue weighted by molar-refractivity contribution is 0.174. The molecule has 0 atom stereocenters. The first-order valence-electron chi connectivity index (χ1n) is 7.12. The summed E-state index contributed by atoms with van der Waals surface area (Å²) in [5.74, 6) is 0. The monoisotopic (exact) mass is 334 g/mol. The van der Waals surface area contributed by atoms with Gasteiger partial charge in [-0.25, -0.2) is 9.48 Å². The zero-order valence-electron chi connectivity index (χ0n) is 13.3. The van der Waals surface area contributed by atoms with Crippen LogP contribution in [0.5, 0.6) is 0 Å². The fourth-order valence-electron chi connectivity index (χ4n) is 1.73. The van der Waals surface area contributed by atoms with Gasteiger partial charge in [0.15, 0.2) is 5.15 Å². The zero-order valence-corrected chi connectivity index (χ0v) is 14.0.